The highest BCUT2D eigenvalue weighted by atomic mass is 16.5. The number of ether oxygens (including phenoxy) is 1. The van der Waals surface area contributed by atoms with Crippen molar-refractivity contribution in [1.82, 2.24) is 4.98 Å². The molecule has 2 N–H and O–H groups in total. The van der Waals surface area contributed by atoms with Crippen molar-refractivity contribution in [3.63, 3.8) is 0 Å². The first-order chi connectivity index (χ1) is 9.86. The highest BCUT2D eigenvalue weighted by molar-refractivity contribution is 5.64. The van der Waals surface area contributed by atoms with E-state index in [1.807, 2.05) is 37.9 Å². The fourth-order valence-electron chi connectivity index (χ4n) is 2.22. The van der Waals surface area contributed by atoms with Crippen LogP contribution in [-0.4, -0.2) is 18.1 Å². The Labute approximate surface area is 126 Å². The molecule has 2 aromatic rings. The molecule has 0 spiro atoms. The third kappa shape index (κ3) is 3.66. The van der Waals surface area contributed by atoms with Gasteiger partial charge in [-0.15, -0.1) is 0 Å². The molecule has 2 rings (SSSR count). The summed E-state index contributed by atoms with van der Waals surface area (Å²) in [5.74, 6) is 1.29. The van der Waals surface area contributed by atoms with Gasteiger partial charge in [-0.05, 0) is 63.1 Å². The van der Waals surface area contributed by atoms with E-state index >= 15 is 0 Å². The largest absolute Gasteiger partial charge is 0.473 e. The van der Waals surface area contributed by atoms with Gasteiger partial charge in [-0.2, -0.15) is 4.98 Å². The summed E-state index contributed by atoms with van der Waals surface area (Å²) in [6.07, 6.45) is 0.0431. The molecule has 0 radical (unpaired) electrons. The molecule has 0 fully saturated rings. The van der Waals surface area contributed by atoms with E-state index in [0.29, 0.717) is 11.6 Å². The van der Waals surface area contributed by atoms with Crippen LogP contribution in [0.15, 0.2) is 30.3 Å². The van der Waals surface area contributed by atoms with Crippen LogP contribution in [0.25, 0.3) is 0 Å². The minimum atomic E-state index is 0.0431. The van der Waals surface area contributed by atoms with Crippen molar-refractivity contribution < 1.29 is 4.74 Å². The summed E-state index contributed by atoms with van der Waals surface area (Å²) in [7, 11) is 1.99. The number of hydrogen-bond donors (Lipinski definition) is 1. The Morgan fingerprint density at radius 2 is 1.71 bits per heavy atom. The molecule has 0 aliphatic heterocycles. The van der Waals surface area contributed by atoms with Crippen LogP contribution in [0.3, 0.4) is 0 Å². The Bertz CT molecular complexity index is 618. The van der Waals surface area contributed by atoms with E-state index in [0.717, 1.165) is 11.5 Å². The van der Waals surface area contributed by atoms with Crippen molar-refractivity contribution in [2.24, 2.45) is 0 Å². The zero-order valence-electron chi connectivity index (χ0n) is 13.3. The Balaban J connectivity index is 2.36. The first kappa shape index (κ1) is 15.2. The molecule has 4 nitrogen and oxygen atoms in total. The monoisotopic (exact) mass is 285 g/mol. The minimum absolute atomic E-state index is 0.0431. The van der Waals surface area contributed by atoms with Crippen molar-refractivity contribution in [3.8, 4) is 5.88 Å². The number of pyridine rings is 1. The predicted molar refractivity (Wildman–Crippen MR) is 88.4 cm³/mol. The molecular weight excluding hydrogens is 262 g/mol. The van der Waals surface area contributed by atoms with Crippen molar-refractivity contribution in [2.45, 2.75) is 33.8 Å². The number of benzene rings is 1. The topological polar surface area (TPSA) is 51.4 Å². The van der Waals surface area contributed by atoms with Gasteiger partial charge in [0.25, 0.3) is 0 Å². The zero-order valence-corrected chi connectivity index (χ0v) is 13.3. The summed E-state index contributed by atoms with van der Waals surface area (Å²) in [6.45, 7) is 8.10. The van der Waals surface area contributed by atoms with Crippen molar-refractivity contribution in [1.29, 1.82) is 0 Å². The van der Waals surface area contributed by atoms with Gasteiger partial charge >= 0.3 is 0 Å². The van der Waals surface area contributed by atoms with Gasteiger partial charge < -0.3 is 15.4 Å². The molecule has 0 unspecified atom stereocenters. The first-order valence-electron chi connectivity index (χ1n) is 7.12. The average molecular weight is 285 g/mol. The van der Waals surface area contributed by atoms with E-state index in [1.54, 1.807) is 0 Å². The summed E-state index contributed by atoms with van der Waals surface area (Å²) in [6, 6.07) is 10.2. The van der Waals surface area contributed by atoms with Gasteiger partial charge in [0.2, 0.25) is 5.88 Å². The molecule has 0 atom stereocenters. The van der Waals surface area contributed by atoms with Gasteiger partial charge in [-0.25, -0.2) is 0 Å². The molecule has 0 saturated carbocycles. The fraction of sp³-hybridized carbons (Fsp3) is 0.353. The molecule has 4 heteroatoms. The molecule has 1 aromatic heterocycles. The third-order valence-electron chi connectivity index (χ3n) is 3.16. The lowest BCUT2D eigenvalue weighted by Gasteiger charge is -2.21. The molecule has 1 heterocycles. The summed E-state index contributed by atoms with van der Waals surface area (Å²) in [4.78, 5) is 6.56. The molecule has 0 aliphatic rings. The number of nitrogen functional groups attached to an aromatic ring is 1. The van der Waals surface area contributed by atoms with Gasteiger partial charge in [0.1, 0.15) is 5.82 Å². The predicted octanol–water partition coefficient (Wildman–Crippen LogP) is 3.84. The second kappa shape index (κ2) is 6.04. The van der Waals surface area contributed by atoms with Gasteiger partial charge in [0.05, 0.1) is 11.8 Å². The zero-order chi connectivity index (χ0) is 15.6. The van der Waals surface area contributed by atoms with E-state index < -0.39 is 0 Å². The molecular formula is C17H23N3O. The lowest BCUT2D eigenvalue weighted by molar-refractivity contribution is 0.234. The maximum Gasteiger partial charge on any atom is 0.239 e. The summed E-state index contributed by atoms with van der Waals surface area (Å²) >= 11 is 0. The van der Waals surface area contributed by atoms with Crippen LogP contribution in [0.5, 0.6) is 5.88 Å². The van der Waals surface area contributed by atoms with E-state index in [9.17, 15) is 0 Å². The molecule has 0 saturated heterocycles. The van der Waals surface area contributed by atoms with Gasteiger partial charge in [-0.3, -0.25) is 0 Å². The standard InChI is InChI=1S/C17H23N3O/c1-11(2)21-17-15(18)6-7-16(19-17)20(5)14-9-12(3)8-13(4)10-14/h6-11H,18H2,1-5H3. The van der Waals surface area contributed by atoms with Crippen molar-refractivity contribution in [3.05, 3.63) is 41.5 Å². The molecule has 112 valence electrons. The van der Waals surface area contributed by atoms with Crippen LogP contribution < -0.4 is 15.4 Å². The number of nitrogens with two attached hydrogens (primary N) is 1. The lowest BCUT2D eigenvalue weighted by atomic mass is 10.1. The third-order valence-corrected chi connectivity index (χ3v) is 3.16. The Hall–Kier alpha value is -2.23. The smallest absolute Gasteiger partial charge is 0.239 e. The molecule has 0 aliphatic carbocycles. The Morgan fingerprint density at radius 3 is 2.29 bits per heavy atom. The second-order valence-electron chi connectivity index (χ2n) is 5.64. The van der Waals surface area contributed by atoms with Crippen LogP contribution in [0.4, 0.5) is 17.2 Å². The van der Waals surface area contributed by atoms with Crippen LogP contribution in [0.2, 0.25) is 0 Å². The number of rotatable bonds is 4. The SMILES string of the molecule is Cc1cc(C)cc(N(C)c2ccc(N)c(OC(C)C)n2)c1. The molecule has 0 bridgehead atoms. The van der Waals surface area contributed by atoms with E-state index in [1.165, 1.54) is 11.1 Å². The summed E-state index contributed by atoms with van der Waals surface area (Å²) in [5, 5.41) is 0. The second-order valence-corrected chi connectivity index (χ2v) is 5.64. The Kier molecular flexibility index (Phi) is 4.36. The van der Waals surface area contributed by atoms with E-state index in [-0.39, 0.29) is 6.10 Å². The fourth-order valence-corrected chi connectivity index (χ4v) is 2.22. The van der Waals surface area contributed by atoms with Crippen LogP contribution in [0.1, 0.15) is 25.0 Å². The maximum absolute atomic E-state index is 5.92. The van der Waals surface area contributed by atoms with Crippen molar-refractivity contribution >= 4 is 17.2 Å². The summed E-state index contributed by atoms with van der Waals surface area (Å²) in [5.41, 5.74) is 10.0. The number of aromatic nitrogens is 1. The molecule has 0 amide bonds. The highest BCUT2D eigenvalue weighted by Gasteiger charge is 2.11. The average Bonchev–Trinajstić information content (AvgIpc) is 2.39. The van der Waals surface area contributed by atoms with Crippen LogP contribution in [0, 0.1) is 13.8 Å². The molecule has 1 aromatic carbocycles. The van der Waals surface area contributed by atoms with Crippen molar-refractivity contribution in [2.75, 3.05) is 17.7 Å². The van der Waals surface area contributed by atoms with Gasteiger partial charge in [0, 0.05) is 12.7 Å². The minimum Gasteiger partial charge on any atom is -0.473 e. The van der Waals surface area contributed by atoms with Crippen LogP contribution in [-0.2, 0) is 0 Å². The number of anilines is 3. The number of nitrogens with zero attached hydrogens (tertiary/aromatic N) is 2. The Morgan fingerprint density at radius 1 is 1.10 bits per heavy atom. The summed E-state index contributed by atoms with van der Waals surface area (Å²) < 4.78 is 5.66. The van der Waals surface area contributed by atoms with Gasteiger partial charge in [-0.1, -0.05) is 6.07 Å². The molecule has 21 heavy (non-hydrogen) atoms. The lowest BCUT2D eigenvalue weighted by Crippen LogP contribution is -2.14. The maximum atomic E-state index is 5.92. The van der Waals surface area contributed by atoms with E-state index in [4.69, 9.17) is 10.5 Å². The number of hydrogen-bond acceptors (Lipinski definition) is 4. The first-order valence-corrected chi connectivity index (χ1v) is 7.12. The van der Waals surface area contributed by atoms with Gasteiger partial charge in [0.15, 0.2) is 0 Å². The van der Waals surface area contributed by atoms with E-state index in [2.05, 4.69) is 37.0 Å². The van der Waals surface area contributed by atoms with Crippen LogP contribution >= 0.6 is 0 Å². The normalized spacial score (nSPS) is 10.8. The quantitative estimate of drug-likeness (QED) is 0.927. The highest BCUT2D eigenvalue weighted by Crippen LogP contribution is 2.28. The number of aryl methyl sites for hydroxylation is 2.